The van der Waals surface area contributed by atoms with Crippen LogP contribution in [0.15, 0.2) is 22.0 Å². The van der Waals surface area contributed by atoms with Crippen LogP contribution in [0.2, 0.25) is 0 Å². The molecule has 0 aliphatic carbocycles. The fourth-order valence-corrected chi connectivity index (χ4v) is 4.02. The fraction of sp³-hybridized carbons (Fsp3) is 0.333. The molecule has 5 nitrogen and oxygen atoms in total. The van der Waals surface area contributed by atoms with Crippen molar-refractivity contribution in [3.05, 3.63) is 26.2 Å². The summed E-state index contributed by atoms with van der Waals surface area (Å²) >= 11 is 3.45. The van der Waals surface area contributed by atoms with Crippen LogP contribution < -0.4 is 4.74 Å². The van der Waals surface area contributed by atoms with Crippen molar-refractivity contribution < 1.29 is 14.6 Å². The number of benzene rings is 1. The molecule has 3 rings (SSSR count). The van der Waals surface area contributed by atoms with Crippen molar-refractivity contribution in [1.29, 1.82) is 0 Å². The van der Waals surface area contributed by atoms with Gasteiger partial charge in [0.15, 0.2) is 16.7 Å². The van der Waals surface area contributed by atoms with Gasteiger partial charge in [0.25, 0.3) is 5.91 Å². The molecule has 1 aromatic rings. The van der Waals surface area contributed by atoms with Crippen LogP contribution in [0.5, 0.6) is 11.5 Å². The quantitative estimate of drug-likeness (QED) is 0.578. The lowest BCUT2D eigenvalue weighted by Crippen LogP contribution is -2.23. The molecule has 7 heteroatoms. The lowest BCUT2D eigenvalue weighted by molar-refractivity contribution is -0.113. The van der Waals surface area contributed by atoms with Gasteiger partial charge in [0.05, 0.1) is 15.6 Å². The number of carbonyl (C=O) groups excluding carboxylic acids is 1. The topological polar surface area (TPSA) is 62.1 Å². The standard InChI is InChI=1S/C15H15IN2O3S/c1-21-11-7-9(6-10(16)13(11)19)8-12-14(20)17-15(22-12)18-4-2-3-5-18/h6-8,19H,2-5H2,1H3/b12-8-. The summed E-state index contributed by atoms with van der Waals surface area (Å²) in [5.41, 5.74) is 0.813. The lowest BCUT2D eigenvalue weighted by Gasteiger charge is -2.14. The number of amidine groups is 1. The van der Waals surface area contributed by atoms with Crippen LogP contribution in [0, 0.1) is 3.57 Å². The number of halogens is 1. The number of likely N-dealkylation sites (tertiary alicyclic amines) is 1. The maximum absolute atomic E-state index is 12.1. The van der Waals surface area contributed by atoms with Crippen molar-refractivity contribution in [2.45, 2.75) is 12.8 Å². The number of nitrogens with zero attached hydrogens (tertiary/aromatic N) is 2. The maximum Gasteiger partial charge on any atom is 0.286 e. The van der Waals surface area contributed by atoms with Gasteiger partial charge in [0.1, 0.15) is 0 Å². The lowest BCUT2D eigenvalue weighted by atomic mass is 10.2. The Bertz CT molecular complexity index is 682. The van der Waals surface area contributed by atoms with E-state index in [-0.39, 0.29) is 11.7 Å². The van der Waals surface area contributed by atoms with Crippen molar-refractivity contribution >= 4 is 51.5 Å². The van der Waals surface area contributed by atoms with Crippen LogP contribution in [-0.4, -0.2) is 41.3 Å². The number of phenolic OH excluding ortho intramolecular Hbond substituents is 1. The molecular weight excluding hydrogens is 415 g/mol. The minimum Gasteiger partial charge on any atom is -0.504 e. The minimum absolute atomic E-state index is 0.115. The highest BCUT2D eigenvalue weighted by Crippen LogP contribution is 2.36. The van der Waals surface area contributed by atoms with Crippen LogP contribution in [-0.2, 0) is 4.79 Å². The molecule has 22 heavy (non-hydrogen) atoms. The number of aromatic hydroxyl groups is 1. The molecule has 1 N–H and O–H groups in total. The Morgan fingerprint density at radius 1 is 1.41 bits per heavy atom. The molecule has 0 atom stereocenters. The van der Waals surface area contributed by atoms with Gasteiger partial charge in [0, 0.05) is 13.1 Å². The maximum atomic E-state index is 12.1. The molecule has 1 aromatic carbocycles. The third-order valence-electron chi connectivity index (χ3n) is 3.55. The van der Waals surface area contributed by atoms with Gasteiger partial charge in [0.2, 0.25) is 0 Å². The average molecular weight is 430 g/mol. The molecule has 0 bridgehead atoms. The van der Waals surface area contributed by atoms with E-state index in [2.05, 4.69) is 9.89 Å². The van der Waals surface area contributed by atoms with Crippen molar-refractivity contribution in [3.63, 3.8) is 0 Å². The highest BCUT2D eigenvalue weighted by atomic mass is 127. The van der Waals surface area contributed by atoms with E-state index in [0.717, 1.165) is 36.7 Å². The number of carbonyl (C=O) groups is 1. The summed E-state index contributed by atoms with van der Waals surface area (Å²) < 4.78 is 5.83. The SMILES string of the molecule is COc1cc(/C=C2\SC(N3CCCC3)=NC2=O)cc(I)c1O. The Kier molecular flexibility index (Phi) is 4.62. The van der Waals surface area contributed by atoms with Gasteiger partial charge in [-0.2, -0.15) is 4.99 Å². The Balaban J connectivity index is 1.84. The summed E-state index contributed by atoms with van der Waals surface area (Å²) in [6.45, 7) is 1.94. The van der Waals surface area contributed by atoms with E-state index in [1.165, 1.54) is 18.9 Å². The van der Waals surface area contributed by atoms with Gasteiger partial charge in [-0.25, -0.2) is 0 Å². The van der Waals surface area contributed by atoms with E-state index in [1.807, 2.05) is 28.7 Å². The molecule has 0 unspecified atom stereocenters. The molecular formula is C15H15IN2O3S. The summed E-state index contributed by atoms with van der Waals surface area (Å²) in [7, 11) is 1.51. The first-order valence-corrected chi connectivity index (χ1v) is 8.82. The van der Waals surface area contributed by atoms with Crippen molar-refractivity contribution in [1.82, 2.24) is 4.90 Å². The first-order valence-electron chi connectivity index (χ1n) is 6.92. The van der Waals surface area contributed by atoms with Crippen LogP contribution in [0.4, 0.5) is 0 Å². The number of aliphatic imine (C=N–C) groups is 1. The van der Waals surface area contributed by atoms with Crippen molar-refractivity contribution in [2.24, 2.45) is 4.99 Å². The molecule has 1 saturated heterocycles. The van der Waals surface area contributed by atoms with E-state index in [9.17, 15) is 9.90 Å². The molecule has 0 saturated carbocycles. The van der Waals surface area contributed by atoms with Gasteiger partial charge in [-0.05, 0) is 71.0 Å². The monoisotopic (exact) mass is 430 g/mol. The first kappa shape index (κ1) is 15.7. The molecule has 0 aromatic heterocycles. The van der Waals surface area contributed by atoms with E-state index in [1.54, 1.807) is 12.1 Å². The van der Waals surface area contributed by atoms with Gasteiger partial charge in [-0.1, -0.05) is 0 Å². The second kappa shape index (κ2) is 6.49. The summed E-state index contributed by atoms with van der Waals surface area (Å²) in [6.07, 6.45) is 4.10. The predicted octanol–water partition coefficient (Wildman–Crippen LogP) is 3.07. The molecule has 2 heterocycles. The van der Waals surface area contributed by atoms with Crippen LogP contribution >= 0.6 is 34.4 Å². The third kappa shape index (κ3) is 3.10. The van der Waals surface area contributed by atoms with Gasteiger partial charge in [-0.3, -0.25) is 4.79 Å². The molecule has 2 aliphatic rings. The van der Waals surface area contributed by atoms with E-state index < -0.39 is 0 Å². The Labute approximate surface area is 146 Å². The molecule has 116 valence electrons. The largest absolute Gasteiger partial charge is 0.504 e. The summed E-state index contributed by atoms with van der Waals surface area (Å²) in [5.74, 6) is 0.313. The highest BCUT2D eigenvalue weighted by Gasteiger charge is 2.27. The Morgan fingerprint density at radius 2 is 2.14 bits per heavy atom. The van der Waals surface area contributed by atoms with Crippen LogP contribution in [0.25, 0.3) is 6.08 Å². The van der Waals surface area contributed by atoms with E-state index in [4.69, 9.17) is 4.74 Å². The zero-order valence-corrected chi connectivity index (χ0v) is 15.0. The minimum atomic E-state index is -0.200. The summed E-state index contributed by atoms with van der Waals surface area (Å²) in [5, 5.41) is 10.7. The number of ether oxygens (including phenoxy) is 1. The summed E-state index contributed by atoms with van der Waals surface area (Å²) in [4.78, 5) is 19.0. The molecule has 1 fully saturated rings. The Morgan fingerprint density at radius 3 is 2.82 bits per heavy atom. The number of phenols is 1. The normalized spacial score (nSPS) is 19.9. The second-order valence-corrected chi connectivity index (χ2v) is 7.23. The molecule has 0 radical (unpaired) electrons. The number of thioether (sulfide) groups is 1. The van der Waals surface area contributed by atoms with E-state index >= 15 is 0 Å². The number of amides is 1. The van der Waals surface area contributed by atoms with Crippen molar-refractivity contribution in [3.8, 4) is 11.5 Å². The molecule has 0 spiro atoms. The van der Waals surface area contributed by atoms with Crippen LogP contribution in [0.1, 0.15) is 18.4 Å². The van der Waals surface area contributed by atoms with Gasteiger partial charge < -0.3 is 14.7 Å². The highest BCUT2D eigenvalue weighted by molar-refractivity contribution is 14.1. The number of hydrogen-bond acceptors (Lipinski definition) is 5. The van der Waals surface area contributed by atoms with Crippen LogP contribution in [0.3, 0.4) is 0 Å². The van der Waals surface area contributed by atoms with Gasteiger partial charge >= 0.3 is 0 Å². The zero-order valence-electron chi connectivity index (χ0n) is 12.0. The fourth-order valence-electron chi connectivity index (χ4n) is 2.43. The first-order chi connectivity index (χ1) is 10.6. The third-order valence-corrected chi connectivity index (χ3v) is 5.42. The smallest absolute Gasteiger partial charge is 0.286 e. The van der Waals surface area contributed by atoms with Crippen molar-refractivity contribution in [2.75, 3.05) is 20.2 Å². The zero-order chi connectivity index (χ0) is 15.7. The number of methoxy groups -OCH3 is 1. The number of rotatable bonds is 2. The molecule has 2 aliphatic heterocycles. The molecule has 1 amide bonds. The summed E-state index contributed by atoms with van der Waals surface area (Å²) in [6, 6.07) is 3.53. The average Bonchev–Trinajstić information content (AvgIpc) is 3.13. The second-order valence-electron chi connectivity index (χ2n) is 5.06. The predicted molar refractivity (Wildman–Crippen MR) is 96.2 cm³/mol. The Hall–Kier alpha value is -1.22. The van der Waals surface area contributed by atoms with Gasteiger partial charge in [-0.15, -0.1) is 0 Å². The number of hydrogen-bond donors (Lipinski definition) is 1. The van der Waals surface area contributed by atoms with E-state index in [0.29, 0.717) is 14.2 Å².